The van der Waals surface area contributed by atoms with Gasteiger partial charge in [0.05, 0.1) is 18.1 Å². The van der Waals surface area contributed by atoms with Crippen molar-refractivity contribution >= 4 is 21.6 Å². The van der Waals surface area contributed by atoms with Crippen molar-refractivity contribution < 1.29 is 17.9 Å². The van der Waals surface area contributed by atoms with Gasteiger partial charge in [-0.3, -0.25) is 4.79 Å². The first-order valence-electron chi connectivity index (χ1n) is 10.3. The number of nitrogens with one attached hydrogen (secondary N) is 1. The monoisotopic (exact) mass is 421 g/mol. The summed E-state index contributed by atoms with van der Waals surface area (Å²) in [4.78, 5) is 12.8. The number of carbonyl (C=O) groups is 1. The number of hydrogen-bond acceptors (Lipinski definition) is 5. The van der Waals surface area contributed by atoms with Gasteiger partial charge in [0.1, 0.15) is 0 Å². The van der Waals surface area contributed by atoms with Crippen LogP contribution < -0.4 is 5.43 Å². The van der Waals surface area contributed by atoms with Gasteiger partial charge in [0.2, 0.25) is 10.0 Å². The maximum atomic E-state index is 12.8. The highest BCUT2D eigenvalue weighted by Gasteiger charge is 2.28. The van der Waals surface area contributed by atoms with Crippen LogP contribution >= 0.6 is 0 Å². The van der Waals surface area contributed by atoms with Gasteiger partial charge in [-0.1, -0.05) is 26.8 Å². The first-order valence-corrected chi connectivity index (χ1v) is 11.8. The second-order valence-corrected chi connectivity index (χ2v) is 10.3. The number of ether oxygens (including phenoxy) is 1. The lowest BCUT2D eigenvalue weighted by atomic mass is 9.76. The second kappa shape index (κ2) is 9.36. The third kappa shape index (κ3) is 5.24. The first-order chi connectivity index (χ1) is 13.8. The molecule has 1 aromatic rings. The van der Waals surface area contributed by atoms with Crippen LogP contribution in [0.4, 0.5) is 0 Å². The average Bonchev–Trinajstić information content (AvgIpc) is 2.72. The van der Waals surface area contributed by atoms with Crippen molar-refractivity contribution in [2.24, 2.45) is 22.9 Å². The van der Waals surface area contributed by atoms with Gasteiger partial charge in [0, 0.05) is 30.3 Å². The van der Waals surface area contributed by atoms with E-state index in [9.17, 15) is 13.2 Å². The molecule has 3 rings (SSSR count). The maximum Gasteiger partial charge on any atom is 0.271 e. The molecule has 1 aliphatic heterocycles. The second-order valence-electron chi connectivity index (χ2n) is 8.33. The summed E-state index contributed by atoms with van der Waals surface area (Å²) in [5.41, 5.74) is 3.97. The number of sulfonamides is 1. The summed E-state index contributed by atoms with van der Waals surface area (Å²) in [6, 6.07) is 6.14. The van der Waals surface area contributed by atoms with E-state index in [0.717, 1.165) is 18.6 Å². The Hall–Kier alpha value is -1.77. The predicted octanol–water partition coefficient (Wildman–Crippen LogP) is 2.89. The van der Waals surface area contributed by atoms with E-state index in [1.54, 1.807) is 12.1 Å². The van der Waals surface area contributed by atoms with Crippen LogP contribution in [-0.2, 0) is 14.8 Å². The Morgan fingerprint density at radius 2 is 1.97 bits per heavy atom. The van der Waals surface area contributed by atoms with E-state index in [1.807, 2.05) is 0 Å². The Morgan fingerprint density at radius 1 is 1.24 bits per heavy atom. The normalized spacial score (nSPS) is 25.3. The highest BCUT2D eigenvalue weighted by atomic mass is 32.2. The summed E-state index contributed by atoms with van der Waals surface area (Å²) in [5, 5.41) is 4.44. The Morgan fingerprint density at radius 3 is 2.66 bits per heavy atom. The van der Waals surface area contributed by atoms with Crippen molar-refractivity contribution in [3.63, 3.8) is 0 Å². The molecule has 0 bridgehead atoms. The molecule has 160 valence electrons. The molecule has 7 nitrogen and oxygen atoms in total. The first kappa shape index (κ1) is 21.9. The van der Waals surface area contributed by atoms with E-state index >= 15 is 0 Å². The molecule has 0 spiro atoms. The van der Waals surface area contributed by atoms with E-state index in [4.69, 9.17) is 4.74 Å². The van der Waals surface area contributed by atoms with Gasteiger partial charge in [-0.25, -0.2) is 13.8 Å². The number of carbonyl (C=O) groups excluding carboxylic acids is 1. The minimum Gasteiger partial charge on any atom is -0.379 e. The van der Waals surface area contributed by atoms with E-state index < -0.39 is 15.9 Å². The van der Waals surface area contributed by atoms with Gasteiger partial charge >= 0.3 is 0 Å². The Kier molecular flexibility index (Phi) is 7.08. The molecule has 1 saturated carbocycles. The van der Waals surface area contributed by atoms with Gasteiger partial charge in [-0.15, -0.1) is 0 Å². The highest BCUT2D eigenvalue weighted by Crippen LogP contribution is 2.31. The highest BCUT2D eigenvalue weighted by molar-refractivity contribution is 7.89. The number of morpholine rings is 1. The molecule has 8 heteroatoms. The van der Waals surface area contributed by atoms with Gasteiger partial charge in [0.25, 0.3) is 5.91 Å². The van der Waals surface area contributed by atoms with Crippen molar-refractivity contribution in [3.05, 3.63) is 29.8 Å². The van der Waals surface area contributed by atoms with Gasteiger partial charge in [0.15, 0.2) is 0 Å². The Balaban J connectivity index is 1.75. The van der Waals surface area contributed by atoms with Crippen molar-refractivity contribution in [2.45, 2.75) is 44.9 Å². The molecule has 2 atom stereocenters. The van der Waals surface area contributed by atoms with E-state index in [1.165, 1.54) is 22.9 Å². The number of benzene rings is 1. The summed E-state index contributed by atoms with van der Waals surface area (Å²) in [6.07, 6.45) is 3.15. The van der Waals surface area contributed by atoms with Crippen molar-refractivity contribution in [1.82, 2.24) is 9.73 Å². The third-order valence-corrected chi connectivity index (χ3v) is 7.66. The van der Waals surface area contributed by atoms with Crippen LogP contribution in [0.5, 0.6) is 0 Å². The van der Waals surface area contributed by atoms with Crippen LogP contribution in [0.2, 0.25) is 0 Å². The fraction of sp³-hybridized carbons (Fsp3) is 0.619. The third-order valence-electron chi connectivity index (χ3n) is 5.77. The lowest BCUT2D eigenvalue weighted by Gasteiger charge is -2.30. The topological polar surface area (TPSA) is 88.1 Å². The minimum atomic E-state index is -3.64. The predicted molar refractivity (Wildman–Crippen MR) is 112 cm³/mol. The molecular formula is C21H31N3O4S. The lowest BCUT2D eigenvalue weighted by molar-refractivity contribution is 0.0730. The maximum absolute atomic E-state index is 12.8. The van der Waals surface area contributed by atoms with E-state index in [0.29, 0.717) is 44.1 Å². The Bertz CT molecular complexity index is 860. The summed E-state index contributed by atoms with van der Waals surface area (Å²) in [6.45, 7) is 7.96. The average molecular weight is 422 g/mol. The van der Waals surface area contributed by atoms with Crippen LogP contribution in [0.15, 0.2) is 34.3 Å². The van der Waals surface area contributed by atoms with E-state index in [2.05, 4.69) is 31.3 Å². The Labute approximate surface area is 173 Å². The van der Waals surface area contributed by atoms with Gasteiger partial charge in [-0.2, -0.15) is 9.41 Å². The summed E-state index contributed by atoms with van der Waals surface area (Å²) >= 11 is 0. The number of hydrogen-bond donors (Lipinski definition) is 1. The van der Waals surface area contributed by atoms with Crippen molar-refractivity contribution in [1.29, 1.82) is 0 Å². The quantitative estimate of drug-likeness (QED) is 0.741. The zero-order valence-electron chi connectivity index (χ0n) is 17.4. The molecule has 1 N–H and O–H groups in total. The number of nitrogens with zero attached hydrogens (tertiary/aromatic N) is 2. The molecule has 1 heterocycles. The van der Waals surface area contributed by atoms with Gasteiger partial charge in [-0.05, 0) is 49.3 Å². The zero-order chi connectivity index (χ0) is 21.0. The van der Waals surface area contributed by atoms with Gasteiger partial charge < -0.3 is 4.74 Å². The summed E-state index contributed by atoms with van der Waals surface area (Å²) in [5.74, 6) is 1.01. The summed E-state index contributed by atoms with van der Waals surface area (Å²) < 4.78 is 32.3. The number of amides is 1. The molecular weight excluding hydrogens is 390 g/mol. The fourth-order valence-corrected chi connectivity index (χ4v) is 5.46. The summed E-state index contributed by atoms with van der Waals surface area (Å²) in [7, 11) is -3.64. The number of rotatable bonds is 5. The zero-order valence-corrected chi connectivity index (χ0v) is 18.2. The minimum absolute atomic E-state index is 0.117. The molecule has 2 fully saturated rings. The van der Waals surface area contributed by atoms with Crippen LogP contribution in [0.25, 0.3) is 0 Å². The van der Waals surface area contributed by atoms with Crippen LogP contribution in [0.1, 0.15) is 50.4 Å². The fourth-order valence-electron chi connectivity index (χ4n) is 4.01. The number of hydrazone groups is 1. The molecule has 0 radical (unpaired) electrons. The SMILES string of the molecule is CC(C)[C@H]1CC[C@H](C)C/C1=N/NC(=O)c1cccc(S(=O)(=O)N2CCOCC2)c1. The van der Waals surface area contributed by atoms with Crippen molar-refractivity contribution in [2.75, 3.05) is 26.3 Å². The van der Waals surface area contributed by atoms with Crippen LogP contribution in [-0.4, -0.2) is 50.6 Å². The van der Waals surface area contributed by atoms with Crippen LogP contribution in [0, 0.1) is 17.8 Å². The largest absolute Gasteiger partial charge is 0.379 e. The molecule has 2 aliphatic rings. The molecule has 0 unspecified atom stereocenters. The molecule has 1 saturated heterocycles. The molecule has 1 amide bonds. The molecule has 29 heavy (non-hydrogen) atoms. The molecule has 0 aromatic heterocycles. The van der Waals surface area contributed by atoms with Crippen LogP contribution in [0.3, 0.4) is 0 Å². The van der Waals surface area contributed by atoms with E-state index in [-0.39, 0.29) is 10.5 Å². The smallest absolute Gasteiger partial charge is 0.271 e. The van der Waals surface area contributed by atoms with Crippen molar-refractivity contribution in [3.8, 4) is 0 Å². The standard InChI is InChI=1S/C21H31N3O4S/c1-15(2)19-8-7-16(3)13-20(19)22-23-21(25)17-5-4-6-18(14-17)29(26,27)24-9-11-28-12-10-24/h4-6,14-16,19H,7-13H2,1-3H3,(H,23,25)/b22-20-/t16-,19+/m0/s1. The molecule has 1 aromatic carbocycles. The lowest BCUT2D eigenvalue weighted by Crippen LogP contribution is -2.40. The molecule has 1 aliphatic carbocycles.